The minimum absolute atomic E-state index is 0.0727. The highest BCUT2D eigenvalue weighted by Gasteiger charge is 2.12. The lowest BCUT2D eigenvalue weighted by molar-refractivity contribution is -0.115. The maximum Gasteiger partial charge on any atom is 0.276 e. The molecule has 3 aromatic carbocycles. The van der Waals surface area contributed by atoms with E-state index in [0.717, 1.165) is 27.8 Å². The quantitative estimate of drug-likeness (QED) is 0.435. The van der Waals surface area contributed by atoms with Crippen LogP contribution in [0.4, 0.5) is 5.69 Å². The van der Waals surface area contributed by atoms with Crippen LogP contribution in [0.25, 0.3) is 22.2 Å². The zero-order valence-corrected chi connectivity index (χ0v) is 16.6. The fourth-order valence-corrected chi connectivity index (χ4v) is 3.62. The van der Waals surface area contributed by atoms with Gasteiger partial charge in [-0.15, -0.1) is 10.2 Å². The maximum atomic E-state index is 12.1. The van der Waals surface area contributed by atoms with Gasteiger partial charge in [-0.3, -0.25) is 4.79 Å². The SMILES string of the molecule is COc1ccc(NC(=O)CCSc2nnc(-c3cccc4ccccc34)o2)cc1. The maximum absolute atomic E-state index is 12.1. The van der Waals surface area contributed by atoms with Crippen molar-refractivity contribution in [2.45, 2.75) is 11.6 Å². The summed E-state index contributed by atoms with van der Waals surface area (Å²) in [7, 11) is 1.61. The Balaban J connectivity index is 1.34. The average molecular weight is 405 g/mol. The van der Waals surface area contributed by atoms with Crippen LogP contribution in [0.1, 0.15) is 6.42 Å². The Morgan fingerprint density at radius 2 is 1.83 bits per heavy atom. The van der Waals surface area contributed by atoms with Crippen molar-refractivity contribution in [2.75, 3.05) is 18.2 Å². The van der Waals surface area contributed by atoms with Crippen molar-refractivity contribution in [3.05, 3.63) is 66.7 Å². The fraction of sp³-hybridized carbons (Fsp3) is 0.136. The second-order valence-electron chi connectivity index (χ2n) is 6.27. The first kappa shape index (κ1) is 19.0. The number of nitrogens with one attached hydrogen (secondary N) is 1. The molecule has 0 bridgehead atoms. The standard InChI is InChI=1S/C22H19N3O3S/c1-27-17-11-9-16(10-12-17)23-20(26)13-14-29-22-25-24-21(28-22)19-8-4-6-15-5-2-3-7-18(15)19/h2-12H,13-14H2,1H3,(H,23,26). The number of aromatic nitrogens is 2. The third-order valence-electron chi connectivity index (χ3n) is 4.35. The van der Waals surface area contributed by atoms with Crippen molar-refractivity contribution in [3.8, 4) is 17.2 Å². The van der Waals surface area contributed by atoms with Crippen LogP contribution in [0.2, 0.25) is 0 Å². The second kappa shape index (κ2) is 8.79. The van der Waals surface area contributed by atoms with Gasteiger partial charge in [0.2, 0.25) is 11.8 Å². The lowest BCUT2D eigenvalue weighted by Crippen LogP contribution is -2.12. The summed E-state index contributed by atoms with van der Waals surface area (Å²) in [4.78, 5) is 12.1. The van der Waals surface area contributed by atoms with E-state index < -0.39 is 0 Å². The first-order chi connectivity index (χ1) is 14.2. The van der Waals surface area contributed by atoms with Gasteiger partial charge >= 0.3 is 0 Å². The van der Waals surface area contributed by atoms with Crippen LogP contribution in [-0.4, -0.2) is 29.0 Å². The summed E-state index contributed by atoms with van der Waals surface area (Å²) in [6.07, 6.45) is 0.336. The number of carbonyl (C=O) groups is 1. The third-order valence-corrected chi connectivity index (χ3v) is 5.18. The molecule has 1 amide bonds. The Kier molecular flexibility index (Phi) is 5.76. The van der Waals surface area contributed by atoms with Gasteiger partial charge in [0.25, 0.3) is 5.22 Å². The van der Waals surface area contributed by atoms with Crippen molar-refractivity contribution >= 4 is 34.1 Å². The van der Waals surface area contributed by atoms with E-state index in [9.17, 15) is 4.79 Å². The molecule has 0 fully saturated rings. The minimum atomic E-state index is -0.0727. The molecule has 4 rings (SSSR count). The number of anilines is 1. The number of ether oxygens (including phenoxy) is 1. The molecule has 0 aliphatic rings. The summed E-state index contributed by atoms with van der Waals surface area (Å²) in [6, 6.07) is 21.3. The summed E-state index contributed by atoms with van der Waals surface area (Å²) in [5, 5.41) is 13.8. The molecular weight excluding hydrogens is 386 g/mol. The number of benzene rings is 3. The monoisotopic (exact) mass is 405 g/mol. The molecule has 4 aromatic rings. The molecule has 0 aliphatic carbocycles. The molecule has 0 unspecified atom stereocenters. The Morgan fingerprint density at radius 1 is 1.03 bits per heavy atom. The highest BCUT2D eigenvalue weighted by Crippen LogP contribution is 2.29. The summed E-state index contributed by atoms with van der Waals surface area (Å²) in [5.41, 5.74) is 1.64. The number of amides is 1. The van der Waals surface area contributed by atoms with Gasteiger partial charge in [0.05, 0.1) is 7.11 Å². The van der Waals surface area contributed by atoms with E-state index in [1.54, 1.807) is 31.4 Å². The van der Waals surface area contributed by atoms with E-state index in [1.807, 2.05) is 42.5 Å². The second-order valence-corrected chi connectivity index (χ2v) is 7.32. The lowest BCUT2D eigenvalue weighted by atomic mass is 10.0. The van der Waals surface area contributed by atoms with Gasteiger partial charge in [-0.1, -0.05) is 48.2 Å². The van der Waals surface area contributed by atoms with Gasteiger partial charge in [-0.05, 0) is 41.1 Å². The normalized spacial score (nSPS) is 10.8. The Morgan fingerprint density at radius 3 is 2.66 bits per heavy atom. The molecule has 0 atom stereocenters. The summed E-state index contributed by atoms with van der Waals surface area (Å²) in [6.45, 7) is 0. The predicted molar refractivity (Wildman–Crippen MR) is 114 cm³/mol. The van der Waals surface area contributed by atoms with Crippen LogP contribution >= 0.6 is 11.8 Å². The number of carbonyl (C=O) groups excluding carboxylic acids is 1. The van der Waals surface area contributed by atoms with Gasteiger partial charge in [0.1, 0.15) is 5.75 Å². The van der Waals surface area contributed by atoms with Crippen LogP contribution in [0.3, 0.4) is 0 Å². The average Bonchev–Trinajstić information content (AvgIpc) is 3.22. The smallest absolute Gasteiger partial charge is 0.276 e. The molecule has 0 radical (unpaired) electrons. The molecular formula is C22H19N3O3S. The van der Waals surface area contributed by atoms with Crippen molar-refractivity contribution in [2.24, 2.45) is 0 Å². The van der Waals surface area contributed by atoms with E-state index in [4.69, 9.17) is 9.15 Å². The van der Waals surface area contributed by atoms with E-state index in [-0.39, 0.29) is 5.91 Å². The van der Waals surface area contributed by atoms with Gasteiger partial charge in [0, 0.05) is 23.4 Å². The molecule has 6 nitrogen and oxygen atoms in total. The number of methoxy groups -OCH3 is 1. The van der Waals surface area contributed by atoms with Crippen LogP contribution in [0, 0.1) is 0 Å². The molecule has 29 heavy (non-hydrogen) atoms. The molecule has 146 valence electrons. The Labute approximate surface area is 172 Å². The highest BCUT2D eigenvalue weighted by molar-refractivity contribution is 7.99. The van der Waals surface area contributed by atoms with Crippen molar-refractivity contribution in [1.29, 1.82) is 0 Å². The van der Waals surface area contributed by atoms with Crippen molar-refractivity contribution in [3.63, 3.8) is 0 Å². The summed E-state index contributed by atoms with van der Waals surface area (Å²) < 4.78 is 10.9. The number of rotatable bonds is 7. The van der Waals surface area contributed by atoms with E-state index >= 15 is 0 Å². The van der Waals surface area contributed by atoms with E-state index in [0.29, 0.717) is 23.3 Å². The van der Waals surface area contributed by atoms with Crippen LogP contribution < -0.4 is 10.1 Å². The topological polar surface area (TPSA) is 77.2 Å². The number of hydrogen-bond acceptors (Lipinski definition) is 6. The Hall–Kier alpha value is -3.32. The minimum Gasteiger partial charge on any atom is -0.497 e. The largest absolute Gasteiger partial charge is 0.497 e. The number of nitrogens with zero attached hydrogens (tertiary/aromatic N) is 2. The molecule has 0 spiro atoms. The van der Waals surface area contributed by atoms with E-state index in [1.165, 1.54) is 11.8 Å². The van der Waals surface area contributed by atoms with Crippen LogP contribution in [0.15, 0.2) is 76.4 Å². The molecule has 0 saturated heterocycles. The van der Waals surface area contributed by atoms with Gasteiger partial charge in [-0.2, -0.15) is 0 Å². The highest BCUT2D eigenvalue weighted by atomic mass is 32.2. The molecule has 1 N–H and O–H groups in total. The zero-order valence-electron chi connectivity index (χ0n) is 15.8. The lowest BCUT2D eigenvalue weighted by Gasteiger charge is -2.05. The zero-order chi connectivity index (χ0) is 20.1. The van der Waals surface area contributed by atoms with Gasteiger partial charge < -0.3 is 14.5 Å². The van der Waals surface area contributed by atoms with Crippen molar-refractivity contribution in [1.82, 2.24) is 10.2 Å². The summed E-state index contributed by atoms with van der Waals surface area (Å²) in [5.74, 6) is 1.69. The molecule has 1 heterocycles. The van der Waals surface area contributed by atoms with E-state index in [2.05, 4.69) is 15.5 Å². The number of hydrogen-bond donors (Lipinski definition) is 1. The first-order valence-electron chi connectivity index (χ1n) is 9.11. The third kappa shape index (κ3) is 4.57. The molecule has 1 aromatic heterocycles. The summed E-state index contributed by atoms with van der Waals surface area (Å²) >= 11 is 1.37. The van der Waals surface area contributed by atoms with Crippen molar-refractivity contribution < 1.29 is 13.9 Å². The Bertz CT molecular complexity index is 1120. The fourth-order valence-electron chi connectivity index (χ4n) is 2.92. The predicted octanol–water partition coefficient (Wildman–Crippen LogP) is 5.02. The first-order valence-corrected chi connectivity index (χ1v) is 10.1. The number of thioether (sulfide) groups is 1. The molecule has 0 saturated carbocycles. The van der Waals surface area contributed by atoms with Crippen LogP contribution in [-0.2, 0) is 4.79 Å². The van der Waals surface area contributed by atoms with Crippen LogP contribution in [0.5, 0.6) is 5.75 Å². The van der Waals surface area contributed by atoms with Gasteiger partial charge in [0.15, 0.2) is 0 Å². The molecule has 7 heteroatoms. The van der Waals surface area contributed by atoms with Gasteiger partial charge in [-0.25, -0.2) is 0 Å². The molecule has 0 aliphatic heterocycles. The number of fused-ring (bicyclic) bond motifs is 1.